The molecule has 0 fully saturated rings. The number of halogens is 1. The Hall–Kier alpha value is -1.92. The lowest BCUT2D eigenvalue weighted by atomic mass is 10.2. The van der Waals surface area contributed by atoms with Gasteiger partial charge in [-0.2, -0.15) is 0 Å². The SMILES string of the molecule is CC.COC(=O)CCC/C=C(/F)Cn1cnoc1=O. The second-order valence-corrected chi connectivity index (χ2v) is 3.33. The fourth-order valence-corrected chi connectivity index (χ4v) is 1.16. The van der Waals surface area contributed by atoms with E-state index in [1.54, 1.807) is 0 Å². The van der Waals surface area contributed by atoms with Crippen molar-refractivity contribution in [1.82, 2.24) is 9.72 Å². The van der Waals surface area contributed by atoms with E-state index in [1.807, 2.05) is 13.8 Å². The summed E-state index contributed by atoms with van der Waals surface area (Å²) in [6, 6.07) is 0. The van der Waals surface area contributed by atoms with Gasteiger partial charge in [-0.3, -0.25) is 13.9 Å². The lowest BCUT2D eigenvalue weighted by Crippen LogP contribution is -2.13. The van der Waals surface area contributed by atoms with Crippen molar-refractivity contribution in [3.8, 4) is 0 Å². The minimum Gasteiger partial charge on any atom is -0.469 e. The van der Waals surface area contributed by atoms with Gasteiger partial charge >= 0.3 is 11.7 Å². The third-order valence-corrected chi connectivity index (χ3v) is 2.05. The van der Waals surface area contributed by atoms with Crippen LogP contribution in [-0.2, 0) is 16.1 Å². The molecule has 0 atom stereocenters. The number of methoxy groups -OCH3 is 1. The highest BCUT2D eigenvalue weighted by atomic mass is 19.1. The number of hydrogen-bond donors (Lipinski definition) is 0. The van der Waals surface area contributed by atoms with Crippen molar-refractivity contribution in [2.45, 2.75) is 39.7 Å². The number of ether oxygens (including phenoxy) is 1. The molecule has 0 radical (unpaired) electrons. The normalized spacial score (nSPS) is 10.6. The summed E-state index contributed by atoms with van der Waals surface area (Å²) in [6.45, 7) is 3.79. The number of hydrogen-bond acceptors (Lipinski definition) is 5. The first-order valence-corrected chi connectivity index (χ1v) is 6.06. The highest BCUT2D eigenvalue weighted by Crippen LogP contribution is 2.05. The summed E-state index contributed by atoms with van der Waals surface area (Å²) in [5.41, 5.74) is 0. The van der Waals surface area contributed by atoms with E-state index in [1.165, 1.54) is 13.2 Å². The molecule has 0 aliphatic rings. The molecular formula is C12H19FN2O4. The van der Waals surface area contributed by atoms with Gasteiger partial charge in [-0.25, -0.2) is 9.18 Å². The number of nitrogens with zero attached hydrogens (tertiary/aromatic N) is 2. The Morgan fingerprint density at radius 1 is 1.58 bits per heavy atom. The van der Waals surface area contributed by atoms with Crippen molar-refractivity contribution in [3.63, 3.8) is 0 Å². The number of aromatic nitrogens is 2. The molecule has 6 nitrogen and oxygen atoms in total. The molecule has 1 heterocycles. The number of allylic oxidation sites excluding steroid dienone is 2. The van der Waals surface area contributed by atoms with Crippen LogP contribution in [0.5, 0.6) is 0 Å². The Labute approximate surface area is 110 Å². The Morgan fingerprint density at radius 2 is 2.26 bits per heavy atom. The average Bonchev–Trinajstić information content (AvgIpc) is 2.82. The summed E-state index contributed by atoms with van der Waals surface area (Å²) in [7, 11) is 1.30. The van der Waals surface area contributed by atoms with Crippen LogP contribution in [0.3, 0.4) is 0 Å². The lowest BCUT2D eigenvalue weighted by Gasteiger charge is -1.98. The molecule has 1 aromatic heterocycles. The van der Waals surface area contributed by atoms with Gasteiger partial charge < -0.3 is 4.74 Å². The molecule has 0 unspecified atom stereocenters. The molecule has 0 bridgehead atoms. The van der Waals surface area contributed by atoms with Crippen molar-refractivity contribution in [1.29, 1.82) is 0 Å². The van der Waals surface area contributed by atoms with Crippen molar-refractivity contribution >= 4 is 5.97 Å². The number of rotatable bonds is 6. The maximum absolute atomic E-state index is 13.3. The highest BCUT2D eigenvalue weighted by Gasteiger charge is 2.03. The summed E-state index contributed by atoms with van der Waals surface area (Å²) >= 11 is 0. The summed E-state index contributed by atoms with van der Waals surface area (Å²) in [4.78, 5) is 21.6. The fraction of sp³-hybridized carbons (Fsp3) is 0.583. The molecule has 0 amide bonds. The average molecular weight is 274 g/mol. The van der Waals surface area contributed by atoms with Crippen LogP contribution in [0.25, 0.3) is 0 Å². The smallest absolute Gasteiger partial charge is 0.441 e. The molecule has 0 aliphatic heterocycles. The minimum absolute atomic E-state index is 0.208. The maximum atomic E-state index is 13.3. The maximum Gasteiger partial charge on any atom is 0.441 e. The molecule has 1 aromatic rings. The van der Waals surface area contributed by atoms with Crippen LogP contribution in [0.4, 0.5) is 4.39 Å². The Bertz CT molecular complexity index is 451. The second-order valence-electron chi connectivity index (χ2n) is 3.33. The van der Waals surface area contributed by atoms with Crippen LogP contribution >= 0.6 is 0 Å². The van der Waals surface area contributed by atoms with E-state index in [2.05, 4.69) is 14.4 Å². The Balaban J connectivity index is 0.00000154. The van der Waals surface area contributed by atoms with Crippen LogP contribution in [0.2, 0.25) is 0 Å². The van der Waals surface area contributed by atoms with Crippen LogP contribution < -0.4 is 5.76 Å². The molecular weight excluding hydrogens is 255 g/mol. The van der Waals surface area contributed by atoms with Crippen LogP contribution in [0, 0.1) is 0 Å². The summed E-state index contributed by atoms with van der Waals surface area (Å²) in [5.74, 6) is -1.50. The summed E-state index contributed by atoms with van der Waals surface area (Å²) < 4.78 is 23.0. The van der Waals surface area contributed by atoms with Gasteiger partial charge in [0.15, 0.2) is 0 Å². The van der Waals surface area contributed by atoms with Gasteiger partial charge in [-0.15, -0.1) is 0 Å². The number of esters is 1. The van der Waals surface area contributed by atoms with Gasteiger partial charge in [0.25, 0.3) is 0 Å². The van der Waals surface area contributed by atoms with Crippen LogP contribution in [0.15, 0.2) is 27.5 Å². The first-order valence-electron chi connectivity index (χ1n) is 6.06. The third kappa shape index (κ3) is 7.17. The van der Waals surface area contributed by atoms with Gasteiger partial charge in [0.2, 0.25) is 0 Å². The predicted octanol–water partition coefficient (Wildman–Crippen LogP) is 2.06. The predicted molar refractivity (Wildman–Crippen MR) is 67.2 cm³/mol. The zero-order valence-corrected chi connectivity index (χ0v) is 11.4. The molecule has 0 N–H and O–H groups in total. The lowest BCUT2D eigenvalue weighted by molar-refractivity contribution is -0.140. The van der Waals surface area contributed by atoms with Crippen LogP contribution in [0.1, 0.15) is 33.1 Å². The van der Waals surface area contributed by atoms with E-state index in [9.17, 15) is 14.0 Å². The molecule has 19 heavy (non-hydrogen) atoms. The van der Waals surface area contributed by atoms with E-state index in [-0.39, 0.29) is 18.9 Å². The fourth-order valence-electron chi connectivity index (χ4n) is 1.16. The first-order chi connectivity index (χ1) is 9.13. The summed E-state index contributed by atoms with van der Waals surface area (Å²) in [5, 5.41) is 3.23. The van der Waals surface area contributed by atoms with Crippen molar-refractivity contribution < 1.29 is 18.4 Å². The molecule has 1 rings (SSSR count). The molecule has 0 aliphatic carbocycles. The van der Waals surface area contributed by atoms with E-state index in [0.717, 1.165) is 10.9 Å². The topological polar surface area (TPSA) is 74.3 Å². The molecule has 7 heteroatoms. The first kappa shape index (κ1) is 17.1. The van der Waals surface area contributed by atoms with Crippen molar-refractivity contribution in [2.75, 3.05) is 7.11 Å². The number of unbranched alkanes of at least 4 members (excludes halogenated alkanes) is 1. The zero-order chi connectivity index (χ0) is 14.7. The molecule has 0 spiro atoms. The molecule has 0 saturated heterocycles. The van der Waals surface area contributed by atoms with E-state index in [0.29, 0.717) is 12.8 Å². The highest BCUT2D eigenvalue weighted by molar-refractivity contribution is 5.69. The zero-order valence-electron chi connectivity index (χ0n) is 11.4. The second kappa shape index (κ2) is 10.0. The van der Waals surface area contributed by atoms with Gasteiger partial charge in [0.05, 0.1) is 13.7 Å². The third-order valence-electron chi connectivity index (χ3n) is 2.05. The van der Waals surface area contributed by atoms with Gasteiger partial charge in [-0.05, 0) is 12.8 Å². The number of carbonyl (C=O) groups excluding carboxylic acids is 1. The molecule has 0 saturated carbocycles. The van der Waals surface area contributed by atoms with E-state index >= 15 is 0 Å². The van der Waals surface area contributed by atoms with Gasteiger partial charge in [-0.1, -0.05) is 25.1 Å². The Morgan fingerprint density at radius 3 is 2.79 bits per heavy atom. The standard InChI is InChI=1S/C10H13FN2O4.C2H6/c1-16-9(14)5-3-2-4-8(11)6-13-7-12-17-10(13)15;1-2/h4,7H,2-3,5-6H2,1H3;1-2H3/b8-4+;. The van der Waals surface area contributed by atoms with Crippen LogP contribution in [-0.4, -0.2) is 22.8 Å². The Kier molecular flexibility index (Phi) is 9.03. The summed E-state index contributed by atoms with van der Waals surface area (Å²) in [6.07, 6.45) is 3.58. The van der Waals surface area contributed by atoms with E-state index in [4.69, 9.17) is 0 Å². The van der Waals surface area contributed by atoms with Gasteiger partial charge in [0, 0.05) is 6.42 Å². The van der Waals surface area contributed by atoms with E-state index < -0.39 is 11.6 Å². The van der Waals surface area contributed by atoms with Crippen molar-refractivity contribution in [3.05, 3.63) is 28.8 Å². The monoisotopic (exact) mass is 274 g/mol. The van der Waals surface area contributed by atoms with Gasteiger partial charge in [0.1, 0.15) is 12.2 Å². The van der Waals surface area contributed by atoms with Crippen molar-refractivity contribution in [2.24, 2.45) is 0 Å². The quantitative estimate of drug-likeness (QED) is 0.586. The largest absolute Gasteiger partial charge is 0.469 e. The minimum atomic E-state index is -0.705. The molecule has 108 valence electrons. The number of carbonyl (C=O) groups is 1. The molecule has 0 aromatic carbocycles.